The van der Waals surface area contributed by atoms with Crippen LogP contribution in [0, 0.1) is 0 Å². The third kappa shape index (κ3) is 1.42. The number of hydrogen-bond acceptors (Lipinski definition) is 1. The van der Waals surface area contributed by atoms with Gasteiger partial charge in [-0.05, 0) is 19.8 Å². The monoisotopic (exact) mass is 132 g/mol. The smallest absolute Gasteiger partial charge is 0.128 e. The summed E-state index contributed by atoms with van der Waals surface area (Å²) in [6.45, 7) is 1.58. The molecule has 1 N–H and O–H groups in total. The highest BCUT2D eigenvalue weighted by molar-refractivity contribution is 4.85. The minimum absolute atomic E-state index is 0.535. The summed E-state index contributed by atoms with van der Waals surface area (Å²) in [5.41, 5.74) is -1.03. The molecule has 0 radical (unpaired) electrons. The summed E-state index contributed by atoms with van der Waals surface area (Å²) >= 11 is 0. The molecule has 1 fully saturated rings. The van der Waals surface area contributed by atoms with Gasteiger partial charge in [0.2, 0.25) is 0 Å². The molecule has 0 spiro atoms. The average Bonchev–Trinajstić information content (AvgIpc) is 1.77. The summed E-state index contributed by atoms with van der Waals surface area (Å²) in [5, 5.41) is 9.27. The van der Waals surface area contributed by atoms with Crippen molar-refractivity contribution in [1.82, 2.24) is 0 Å². The van der Waals surface area contributed by atoms with Crippen molar-refractivity contribution in [2.24, 2.45) is 0 Å². The van der Waals surface area contributed by atoms with Crippen LogP contribution >= 0.6 is 0 Å². The van der Waals surface area contributed by atoms with Crippen LogP contribution in [0.25, 0.3) is 0 Å². The van der Waals surface area contributed by atoms with Crippen molar-refractivity contribution >= 4 is 0 Å². The first-order chi connectivity index (χ1) is 4.13. The predicted molar refractivity (Wildman–Crippen MR) is 34.0 cm³/mol. The van der Waals surface area contributed by atoms with Crippen LogP contribution < -0.4 is 0 Å². The molecule has 1 aliphatic carbocycles. The first kappa shape index (κ1) is 7.00. The normalized spacial score (nSPS) is 45.0. The van der Waals surface area contributed by atoms with Crippen molar-refractivity contribution < 1.29 is 9.50 Å². The Morgan fingerprint density at radius 1 is 1.56 bits per heavy atom. The highest BCUT2D eigenvalue weighted by atomic mass is 19.1. The van der Waals surface area contributed by atoms with Gasteiger partial charge in [0.25, 0.3) is 0 Å². The lowest BCUT2D eigenvalue weighted by Gasteiger charge is -2.31. The van der Waals surface area contributed by atoms with E-state index >= 15 is 0 Å². The maximum Gasteiger partial charge on any atom is 0.128 e. The first-order valence-corrected chi connectivity index (χ1v) is 3.49. The van der Waals surface area contributed by atoms with Crippen LogP contribution in [-0.2, 0) is 0 Å². The third-order valence-electron chi connectivity index (χ3n) is 2.07. The van der Waals surface area contributed by atoms with Gasteiger partial charge in [0.05, 0.1) is 5.60 Å². The Balaban J connectivity index is 2.49. The lowest BCUT2D eigenvalue weighted by atomic mass is 9.85. The van der Waals surface area contributed by atoms with Crippen LogP contribution in [-0.4, -0.2) is 16.9 Å². The molecule has 0 aromatic carbocycles. The minimum Gasteiger partial charge on any atom is -0.387 e. The van der Waals surface area contributed by atoms with E-state index in [2.05, 4.69) is 0 Å². The van der Waals surface area contributed by atoms with Crippen LogP contribution in [0.5, 0.6) is 0 Å². The van der Waals surface area contributed by atoms with E-state index in [1.165, 1.54) is 0 Å². The highest BCUT2D eigenvalue weighted by Crippen LogP contribution is 2.29. The van der Waals surface area contributed by atoms with Crippen molar-refractivity contribution in [2.45, 2.75) is 44.4 Å². The Morgan fingerprint density at radius 2 is 2.22 bits per heavy atom. The highest BCUT2D eigenvalue weighted by Gasteiger charge is 2.34. The van der Waals surface area contributed by atoms with Gasteiger partial charge in [-0.1, -0.05) is 12.8 Å². The average molecular weight is 132 g/mol. The Labute approximate surface area is 54.9 Å². The second-order valence-electron chi connectivity index (χ2n) is 3.07. The molecule has 0 saturated heterocycles. The van der Waals surface area contributed by atoms with Gasteiger partial charge < -0.3 is 5.11 Å². The SMILES string of the molecule is CC1(O)CCCCC1F. The van der Waals surface area contributed by atoms with E-state index in [9.17, 15) is 9.50 Å². The van der Waals surface area contributed by atoms with E-state index < -0.39 is 11.8 Å². The zero-order valence-corrected chi connectivity index (χ0v) is 5.73. The van der Waals surface area contributed by atoms with E-state index in [0.29, 0.717) is 12.8 Å². The number of alkyl halides is 1. The fraction of sp³-hybridized carbons (Fsp3) is 1.00. The molecule has 0 aromatic rings. The third-order valence-corrected chi connectivity index (χ3v) is 2.07. The maximum absolute atomic E-state index is 12.7. The summed E-state index contributed by atoms with van der Waals surface area (Å²) in [4.78, 5) is 0. The fourth-order valence-electron chi connectivity index (χ4n) is 1.27. The number of aliphatic hydroxyl groups is 1. The minimum atomic E-state index is -1.03. The molecule has 9 heavy (non-hydrogen) atoms. The van der Waals surface area contributed by atoms with E-state index in [0.717, 1.165) is 12.8 Å². The molecule has 0 bridgehead atoms. The van der Waals surface area contributed by atoms with Gasteiger partial charge in [-0.25, -0.2) is 4.39 Å². The number of hydrogen-bond donors (Lipinski definition) is 1. The molecule has 0 aliphatic heterocycles. The van der Waals surface area contributed by atoms with Gasteiger partial charge in [-0.3, -0.25) is 0 Å². The van der Waals surface area contributed by atoms with Crippen molar-refractivity contribution in [1.29, 1.82) is 0 Å². The molecule has 1 saturated carbocycles. The van der Waals surface area contributed by atoms with Crippen molar-refractivity contribution in [3.05, 3.63) is 0 Å². The second-order valence-corrected chi connectivity index (χ2v) is 3.07. The molecule has 0 heterocycles. The second kappa shape index (κ2) is 2.25. The van der Waals surface area contributed by atoms with Crippen molar-refractivity contribution in [3.8, 4) is 0 Å². The molecule has 2 unspecified atom stereocenters. The van der Waals surface area contributed by atoms with Crippen LogP contribution in [0.2, 0.25) is 0 Å². The molecular formula is C7H13FO. The van der Waals surface area contributed by atoms with Gasteiger partial charge in [-0.15, -0.1) is 0 Å². The number of rotatable bonds is 0. The van der Waals surface area contributed by atoms with Gasteiger partial charge >= 0.3 is 0 Å². The summed E-state index contributed by atoms with van der Waals surface area (Å²) in [7, 11) is 0. The van der Waals surface area contributed by atoms with Gasteiger partial charge in [0, 0.05) is 0 Å². The zero-order chi connectivity index (χ0) is 6.91. The Morgan fingerprint density at radius 3 is 2.56 bits per heavy atom. The Bertz CT molecular complexity index is 101. The predicted octanol–water partition coefficient (Wildman–Crippen LogP) is 1.65. The van der Waals surface area contributed by atoms with Crippen LogP contribution in [0.1, 0.15) is 32.6 Å². The standard InChI is InChI=1S/C7H13FO/c1-7(9)5-3-2-4-6(7)8/h6,9H,2-5H2,1H3. The molecule has 54 valence electrons. The molecule has 1 nitrogen and oxygen atoms in total. The summed E-state index contributed by atoms with van der Waals surface area (Å²) in [6.07, 6.45) is 2.05. The quantitative estimate of drug-likeness (QED) is 0.531. The molecule has 0 aromatic heterocycles. The van der Waals surface area contributed by atoms with Gasteiger partial charge in [0.1, 0.15) is 6.17 Å². The van der Waals surface area contributed by atoms with Gasteiger partial charge in [-0.2, -0.15) is 0 Å². The topological polar surface area (TPSA) is 20.2 Å². The lowest BCUT2D eigenvalue weighted by Crippen LogP contribution is -2.38. The van der Waals surface area contributed by atoms with E-state index in [1.807, 2.05) is 0 Å². The maximum atomic E-state index is 12.7. The van der Waals surface area contributed by atoms with E-state index in [1.54, 1.807) is 6.92 Å². The molecule has 1 aliphatic rings. The number of halogens is 1. The molecular weight excluding hydrogens is 119 g/mol. The molecule has 2 atom stereocenters. The van der Waals surface area contributed by atoms with Crippen LogP contribution in [0.3, 0.4) is 0 Å². The van der Waals surface area contributed by atoms with Crippen LogP contribution in [0.4, 0.5) is 4.39 Å². The largest absolute Gasteiger partial charge is 0.387 e. The van der Waals surface area contributed by atoms with Gasteiger partial charge in [0.15, 0.2) is 0 Å². The zero-order valence-electron chi connectivity index (χ0n) is 5.73. The molecule has 1 rings (SSSR count). The lowest BCUT2D eigenvalue weighted by molar-refractivity contribution is -0.0472. The van der Waals surface area contributed by atoms with E-state index in [4.69, 9.17) is 0 Å². The summed E-state index contributed by atoms with van der Waals surface area (Å²) in [6, 6.07) is 0. The Kier molecular flexibility index (Phi) is 1.75. The molecule has 2 heteroatoms. The first-order valence-electron chi connectivity index (χ1n) is 3.49. The van der Waals surface area contributed by atoms with Crippen molar-refractivity contribution in [2.75, 3.05) is 0 Å². The fourth-order valence-corrected chi connectivity index (χ4v) is 1.27. The molecule has 0 amide bonds. The summed E-state index contributed by atoms with van der Waals surface area (Å²) < 4.78 is 12.7. The summed E-state index contributed by atoms with van der Waals surface area (Å²) in [5.74, 6) is 0. The van der Waals surface area contributed by atoms with Crippen molar-refractivity contribution in [3.63, 3.8) is 0 Å². The van der Waals surface area contributed by atoms with E-state index in [-0.39, 0.29) is 0 Å². The Hall–Kier alpha value is -0.110. The van der Waals surface area contributed by atoms with Crippen LogP contribution in [0.15, 0.2) is 0 Å².